The smallest absolute Gasteiger partial charge is 0.364 e. The molecule has 3 aromatic rings. The van der Waals surface area contributed by atoms with Crippen LogP contribution in [0.25, 0.3) is 0 Å². The van der Waals surface area contributed by atoms with Crippen molar-refractivity contribution in [2.24, 2.45) is 0 Å². The Labute approximate surface area is 160 Å². The molecule has 0 bridgehead atoms. The zero-order valence-corrected chi connectivity index (χ0v) is 14.6. The van der Waals surface area contributed by atoms with E-state index in [0.717, 1.165) is 5.56 Å². The van der Waals surface area contributed by atoms with Crippen LogP contribution in [0.3, 0.4) is 0 Å². The van der Waals surface area contributed by atoms with Gasteiger partial charge < -0.3 is 9.57 Å². The van der Waals surface area contributed by atoms with Crippen molar-refractivity contribution in [2.75, 3.05) is 0 Å². The molecule has 0 unspecified atom stereocenters. The number of hydrogen-bond acceptors (Lipinski definition) is 6. The number of fused-ring (bicyclic) bond motifs is 1. The van der Waals surface area contributed by atoms with Gasteiger partial charge in [0.2, 0.25) is 5.88 Å². The second-order valence-corrected chi connectivity index (χ2v) is 5.99. The number of pyridine rings is 1. The van der Waals surface area contributed by atoms with Crippen LogP contribution in [0.5, 0.6) is 5.88 Å². The lowest BCUT2D eigenvalue weighted by Crippen LogP contribution is -2.32. The molecule has 0 spiro atoms. The number of hydroxylamine groups is 2. The molecule has 0 fully saturated rings. The van der Waals surface area contributed by atoms with Crippen molar-refractivity contribution in [2.45, 2.75) is 6.61 Å². The van der Waals surface area contributed by atoms with Crippen LogP contribution in [0.1, 0.15) is 36.6 Å². The molecule has 0 saturated heterocycles. The van der Waals surface area contributed by atoms with E-state index in [0.29, 0.717) is 5.06 Å². The molecule has 0 radical (unpaired) electrons. The van der Waals surface area contributed by atoms with Crippen LogP contribution in [-0.4, -0.2) is 27.8 Å². The van der Waals surface area contributed by atoms with E-state index in [-0.39, 0.29) is 29.2 Å². The maximum Gasteiger partial charge on any atom is 0.364 e. The van der Waals surface area contributed by atoms with Crippen LogP contribution in [0.15, 0.2) is 72.9 Å². The van der Waals surface area contributed by atoms with Crippen molar-refractivity contribution in [3.8, 4) is 5.88 Å². The van der Waals surface area contributed by atoms with Gasteiger partial charge in [0.1, 0.15) is 6.61 Å². The maximum atomic E-state index is 12.4. The lowest BCUT2D eigenvalue weighted by atomic mass is 10.1. The Bertz CT molecular complexity index is 1030. The predicted octanol–water partition coefficient (Wildman–Crippen LogP) is 3.03. The van der Waals surface area contributed by atoms with E-state index in [1.165, 1.54) is 30.5 Å². The Kier molecular flexibility index (Phi) is 4.55. The molecule has 0 N–H and O–H groups in total. The zero-order chi connectivity index (χ0) is 19.5. The molecule has 0 saturated carbocycles. The number of rotatable bonds is 5. The standard InChI is InChI=1S/C21H14N2O5/c24-19-16-8-4-5-9-17(16)20(25)23(19)28-21(26)15-10-11-22-18(12-15)27-13-14-6-2-1-3-7-14/h1-12H,13H2. The Morgan fingerprint density at radius 1 is 0.893 bits per heavy atom. The zero-order valence-electron chi connectivity index (χ0n) is 14.6. The average Bonchev–Trinajstić information content (AvgIpc) is 2.98. The molecule has 2 aromatic carbocycles. The number of hydrogen-bond donors (Lipinski definition) is 0. The van der Waals surface area contributed by atoms with Crippen LogP contribution < -0.4 is 4.74 Å². The molecule has 28 heavy (non-hydrogen) atoms. The van der Waals surface area contributed by atoms with Crippen molar-refractivity contribution in [3.05, 3.63) is 95.2 Å². The molecule has 0 atom stereocenters. The molecule has 1 aromatic heterocycles. The summed E-state index contributed by atoms with van der Waals surface area (Å²) in [6.45, 7) is 0.282. The number of imide groups is 1. The summed E-state index contributed by atoms with van der Waals surface area (Å²) in [5, 5.41) is 0.470. The molecule has 2 amide bonds. The largest absolute Gasteiger partial charge is 0.473 e. The quantitative estimate of drug-likeness (QED) is 0.638. The first-order valence-electron chi connectivity index (χ1n) is 8.46. The van der Waals surface area contributed by atoms with Gasteiger partial charge in [-0.1, -0.05) is 47.5 Å². The lowest BCUT2D eigenvalue weighted by molar-refractivity contribution is -0.0584. The fraction of sp³-hybridized carbons (Fsp3) is 0.0476. The number of ether oxygens (including phenoxy) is 1. The first-order valence-corrected chi connectivity index (χ1v) is 8.46. The SMILES string of the molecule is O=C(ON1C(=O)c2ccccc2C1=O)c1ccnc(OCc2ccccc2)c1. The first kappa shape index (κ1) is 17.4. The van der Waals surface area contributed by atoms with Gasteiger partial charge >= 0.3 is 5.97 Å². The van der Waals surface area contributed by atoms with E-state index in [4.69, 9.17) is 9.57 Å². The van der Waals surface area contributed by atoms with Crippen molar-refractivity contribution >= 4 is 17.8 Å². The second kappa shape index (κ2) is 7.32. The summed E-state index contributed by atoms with van der Waals surface area (Å²) in [6, 6.07) is 18.6. The molecule has 0 aliphatic carbocycles. The third-order valence-electron chi connectivity index (χ3n) is 4.13. The summed E-state index contributed by atoms with van der Waals surface area (Å²) in [5.41, 5.74) is 1.45. The van der Waals surface area contributed by atoms with Crippen LogP contribution in [-0.2, 0) is 11.4 Å². The van der Waals surface area contributed by atoms with Gasteiger partial charge in [0.25, 0.3) is 11.8 Å². The second-order valence-electron chi connectivity index (χ2n) is 5.99. The number of carbonyl (C=O) groups is 3. The molecule has 1 aliphatic rings. The van der Waals surface area contributed by atoms with Crippen molar-refractivity contribution in [3.63, 3.8) is 0 Å². The predicted molar refractivity (Wildman–Crippen MR) is 97.4 cm³/mol. The van der Waals surface area contributed by atoms with Crippen LogP contribution in [0.2, 0.25) is 0 Å². The topological polar surface area (TPSA) is 85.8 Å². The molecule has 1 aliphatic heterocycles. The highest BCUT2D eigenvalue weighted by molar-refractivity contribution is 6.21. The van der Waals surface area contributed by atoms with E-state index >= 15 is 0 Å². The Morgan fingerprint density at radius 2 is 1.54 bits per heavy atom. The van der Waals surface area contributed by atoms with Crippen molar-refractivity contribution in [1.82, 2.24) is 10.0 Å². The minimum Gasteiger partial charge on any atom is -0.473 e. The van der Waals surface area contributed by atoms with Crippen LogP contribution in [0, 0.1) is 0 Å². The minimum atomic E-state index is -0.860. The highest BCUT2D eigenvalue weighted by atomic mass is 16.7. The third kappa shape index (κ3) is 3.33. The summed E-state index contributed by atoms with van der Waals surface area (Å²) in [4.78, 5) is 46.1. The van der Waals surface area contributed by atoms with E-state index in [1.807, 2.05) is 30.3 Å². The number of benzene rings is 2. The lowest BCUT2D eigenvalue weighted by Gasteiger charge is -2.13. The molecular weight excluding hydrogens is 360 g/mol. The molecule has 2 heterocycles. The third-order valence-corrected chi connectivity index (χ3v) is 4.13. The van der Waals surface area contributed by atoms with Gasteiger partial charge in [0, 0.05) is 12.3 Å². The minimum absolute atomic E-state index is 0.106. The van der Waals surface area contributed by atoms with Gasteiger partial charge in [-0.2, -0.15) is 0 Å². The molecule has 7 nitrogen and oxygen atoms in total. The number of aromatic nitrogens is 1. The summed E-state index contributed by atoms with van der Waals surface area (Å²) >= 11 is 0. The van der Waals surface area contributed by atoms with Crippen molar-refractivity contribution in [1.29, 1.82) is 0 Å². The maximum absolute atomic E-state index is 12.4. The van der Waals surface area contributed by atoms with Gasteiger partial charge in [0.15, 0.2) is 0 Å². The highest BCUT2D eigenvalue weighted by Gasteiger charge is 2.38. The monoisotopic (exact) mass is 374 g/mol. The Hall–Kier alpha value is -4.00. The molecule has 4 rings (SSSR count). The van der Waals surface area contributed by atoms with E-state index in [9.17, 15) is 14.4 Å². The van der Waals surface area contributed by atoms with E-state index in [1.54, 1.807) is 12.1 Å². The van der Waals surface area contributed by atoms with E-state index < -0.39 is 17.8 Å². The number of nitrogens with zero attached hydrogens (tertiary/aromatic N) is 2. The molecule has 7 heteroatoms. The Morgan fingerprint density at radius 3 is 2.21 bits per heavy atom. The van der Waals surface area contributed by atoms with Gasteiger partial charge in [-0.3, -0.25) is 9.59 Å². The van der Waals surface area contributed by atoms with Gasteiger partial charge in [0.05, 0.1) is 16.7 Å². The summed E-state index contributed by atoms with van der Waals surface area (Å²) in [5.74, 6) is -1.99. The Balaban J connectivity index is 1.46. The van der Waals surface area contributed by atoms with Gasteiger partial charge in [-0.25, -0.2) is 9.78 Å². The van der Waals surface area contributed by atoms with Gasteiger partial charge in [-0.15, -0.1) is 0 Å². The van der Waals surface area contributed by atoms with E-state index in [2.05, 4.69) is 4.98 Å². The fourth-order valence-corrected chi connectivity index (χ4v) is 2.73. The number of carbonyl (C=O) groups excluding carboxylic acids is 3. The highest BCUT2D eigenvalue weighted by Crippen LogP contribution is 2.23. The van der Waals surface area contributed by atoms with Crippen molar-refractivity contribution < 1.29 is 24.0 Å². The fourth-order valence-electron chi connectivity index (χ4n) is 2.73. The summed E-state index contributed by atoms with van der Waals surface area (Å²) in [6.07, 6.45) is 1.39. The average molecular weight is 374 g/mol. The van der Waals surface area contributed by atoms with Crippen LogP contribution in [0.4, 0.5) is 0 Å². The normalized spacial score (nSPS) is 12.6. The van der Waals surface area contributed by atoms with Gasteiger partial charge in [-0.05, 0) is 23.8 Å². The summed E-state index contributed by atoms with van der Waals surface area (Å²) in [7, 11) is 0. The molecule has 138 valence electrons. The summed E-state index contributed by atoms with van der Waals surface area (Å²) < 4.78 is 5.58. The van der Waals surface area contributed by atoms with Crippen LogP contribution >= 0.6 is 0 Å². The first-order chi connectivity index (χ1) is 13.6. The molecular formula is C21H14N2O5. The number of amides is 2.